The van der Waals surface area contributed by atoms with Crippen molar-refractivity contribution in [2.75, 3.05) is 18.4 Å². The summed E-state index contributed by atoms with van der Waals surface area (Å²) in [5.74, 6) is 1.35. The summed E-state index contributed by atoms with van der Waals surface area (Å²) >= 11 is 0. The van der Waals surface area contributed by atoms with E-state index in [4.69, 9.17) is 14.7 Å². The molecule has 1 aliphatic heterocycles. The highest BCUT2D eigenvalue weighted by Gasteiger charge is 2.30. The van der Waals surface area contributed by atoms with Gasteiger partial charge in [0.15, 0.2) is 0 Å². The van der Waals surface area contributed by atoms with Gasteiger partial charge in [0.05, 0.1) is 35.5 Å². The number of hydrogen-bond acceptors (Lipinski definition) is 7. The van der Waals surface area contributed by atoms with Gasteiger partial charge in [-0.25, -0.2) is 15.0 Å². The largest absolute Gasteiger partial charge is 0.417 e. The van der Waals surface area contributed by atoms with Crippen molar-refractivity contribution in [3.63, 3.8) is 0 Å². The number of halogens is 3. The smallest absolute Gasteiger partial charge is 0.373 e. The summed E-state index contributed by atoms with van der Waals surface area (Å²) < 4.78 is 44.8. The molecule has 3 aromatic heterocycles. The average molecular weight is 509 g/mol. The monoisotopic (exact) mass is 508 g/mol. The Balaban J connectivity index is 1.53. The molecule has 5 rings (SSSR count). The van der Waals surface area contributed by atoms with Crippen molar-refractivity contribution in [1.82, 2.24) is 24.8 Å². The molecule has 1 fully saturated rings. The Morgan fingerprint density at radius 2 is 1.81 bits per heavy atom. The molecule has 2 atom stereocenters. The lowest BCUT2D eigenvalue weighted by Crippen LogP contribution is -2.45. The lowest BCUT2D eigenvalue weighted by molar-refractivity contribution is -0.137. The molecule has 1 N–H and O–H groups in total. The first-order valence-corrected chi connectivity index (χ1v) is 12.1. The number of pyridine rings is 2. The zero-order valence-corrected chi connectivity index (χ0v) is 20.8. The Morgan fingerprint density at radius 3 is 2.51 bits per heavy atom. The van der Waals surface area contributed by atoms with E-state index in [0.717, 1.165) is 53.1 Å². The Bertz CT molecular complexity index is 1400. The standard InChI is InChI=1S/C27H27F3N6O/c1-16-13-36(14-17(2)37-16)15-24-33-25(20-7-6-19-5-4-10-31-22(19)11-20)18(3)26(35-24)34-23-9-8-21(12-32-23)27(28,29)30/h4-12,16-17H,13-15H2,1-3H3,(H,32,33,34,35)/t16-,17+. The van der Waals surface area contributed by atoms with E-state index >= 15 is 0 Å². The Morgan fingerprint density at radius 1 is 1.03 bits per heavy atom. The highest BCUT2D eigenvalue weighted by Crippen LogP contribution is 2.32. The van der Waals surface area contributed by atoms with E-state index in [1.807, 2.05) is 51.1 Å². The van der Waals surface area contributed by atoms with Gasteiger partial charge in [-0.1, -0.05) is 18.2 Å². The van der Waals surface area contributed by atoms with E-state index in [1.165, 1.54) is 6.07 Å². The second-order valence-electron chi connectivity index (χ2n) is 9.38. The van der Waals surface area contributed by atoms with Crippen molar-refractivity contribution < 1.29 is 17.9 Å². The number of benzene rings is 1. The van der Waals surface area contributed by atoms with Gasteiger partial charge in [-0.2, -0.15) is 13.2 Å². The fourth-order valence-electron chi connectivity index (χ4n) is 4.62. The third-order valence-electron chi connectivity index (χ3n) is 6.27. The number of ether oxygens (including phenoxy) is 1. The van der Waals surface area contributed by atoms with Crippen LogP contribution in [0.1, 0.15) is 30.8 Å². The molecule has 0 saturated carbocycles. The SMILES string of the molecule is Cc1c(Nc2ccc(C(F)(F)F)cn2)nc(CN2C[C@@H](C)O[C@@H](C)C2)nc1-c1ccc2cccnc2c1. The molecule has 0 amide bonds. The Hall–Kier alpha value is -3.63. The molecule has 1 aromatic carbocycles. The minimum atomic E-state index is -4.45. The van der Waals surface area contributed by atoms with Crippen molar-refractivity contribution in [2.45, 2.75) is 45.7 Å². The Kier molecular flexibility index (Phi) is 6.78. The quantitative estimate of drug-likeness (QED) is 0.367. The molecule has 10 heteroatoms. The minimum absolute atomic E-state index is 0.0918. The van der Waals surface area contributed by atoms with Gasteiger partial charge in [-0.15, -0.1) is 0 Å². The van der Waals surface area contributed by atoms with E-state index in [1.54, 1.807) is 6.20 Å². The highest BCUT2D eigenvalue weighted by molar-refractivity contribution is 5.84. The second-order valence-corrected chi connectivity index (χ2v) is 9.38. The third-order valence-corrected chi connectivity index (χ3v) is 6.27. The van der Waals surface area contributed by atoms with Crippen molar-refractivity contribution in [3.8, 4) is 11.3 Å². The number of nitrogens with one attached hydrogen (secondary N) is 1. The van der Waals surface area contributed by atoms with Gasteiger partial charge in [0.2, 0.25) is 0 Å². The van der Waals surface area contributed by atoms with Gasteiger partial charge < -0.3 is 10.1 Å². The number of hydrogen-bond donors (Lipinski definition) is 1. The van der Waals surface area contributed by atoms with Crippen molar-refractivity contribution in [3.05, 3.63) is 71.8 Å². The summed E-state index contributed by atoms with van der Waals surface area (Å²) in [6.07, 6.45) is -1.71. The number of rotatable bonds is 5. The number of alkyl halides is 3. The second kappa shape index (κ2) is 10.0. The summed E-state index contributed by atoms with van der Waals surface area (Å²) in [5.41, 5.74) is 2.39. The highest BCUT2D eigenvalue weighted by atomic mass is 19.4. The van der Waals surface area contributed by atoms with Crippen LogP contribution in [0.3, 0.4) is 0 Å². The van der Waals surface area contributed by atoms with Gasteiger partial charge in [0, 0.05) is 42.0 Å². The summed E-state index contributed by atoms with van der Waals surface area (Å²) in [4.78, 5) is 20.3. The molecular formula is C27H27F3N6O. The number of anilines is 2. The summed E-state index contributed by atoms with van der Waals surface area (Å²) in [6.45, 7) is 7.96. The van der Waals surface area contributed by atoms with E-state index in [-0.39, 0.29) is 18.0 Å². The van der Waals surface area contributed by atoms with Crippen LogP contribution in [0.25, 0.3) is 22.2 Å². The topological polar surface area (TPSA) is 76.1 Å². The molecule has 0 bridgehead atoms. The molecule has 0 aliphatic carbocycles. The van der Waals surface area contributed by atoms with Gasteiger partial charge in [0.1, 0.15) is 17.5 Å². The zero-order valence-electron chi connectivity index (χ0n) is 20.8. The summed E-state index contributed by atoms with van der Waals surface area (Å²) in [5, 5.41) is 4.12. The first-order chi connectivity index (χ1) is 17.7. The van der Waals surface area contributed by atoms with Crippen LogP contribution in [0.5, 0.6) is 0 Å². The first-order valence-electron chi connectivity index (χ1n) is 12.1. The Labute approximate surface area is 212 Å². The van der Waals surface area contributed by atoms with Crippen LogP contribution >= 0.6 is 0 Å². The molecule has 4 aromatic rings. The number of aromatic nitrogens is 4. The summed E-state index contributed by atoms with van der Waals surface area (Å²) in [7, 11) is 0. The molecule has 0 radical (unpaired) electrons. The van der Waals surface area contributed by atoms with E-state index < -0.39 is 11.7 Å². The average Bonchev–Trinajstić information content (AvgIpc) is 2.85. The van der Waals surface area contributed by atoms with Crippen LogP contribution in [0.2, 0.25) is 0 Å². The molecule has 1 saturated heterocycles. The molecule has 1 aliphatic rings. The fraction of sp³-hybridized carbons (Fsp3) is 0.333. The molecule has 37 heavy (non-hydrogen) atoms. The molecular weight excluding hydrogens is 481 g/mol. The lowest BCUT2D eigenvalue weighted by atomic mass is 10.0. The van der Waals surface area contributed by atoms with Gasteiger partial charge >= 0.3 is 6.18 Å². The lowest BCUT2D eigenvalue weighted by Gasteiger charge is -2.34. The maximum atomic E-state index is 13.0. The number of morpholine rings is 1. The first kappa shape index (κ1) is 25.0. The number of fused-ring (bicyclic) bond motifs is 1. The van der Waals surface area contributed by atoms with Crippen LogP contribution in [-0.2, 0) is 17.5 Å². The van der Waals surface area contributed by atoms with Crippen LogP contribution in [-0.4, -0.2) is 50.1 Å². The predicted octanol–water partition coefficient (Wildman–Crippen LogP) is 5.77. The van der Waals surface area contributed by atoms with Crippen LogP contribution in [0, 0.1) is 6.92 Å². The van der Waals surface area contributed by atoms with Crippen LogP contribution in [0.15, 0.2) is 54.9 Å². The molecule has 0 unspecified atom stereocenters. The number of nitrogens with zero attached hydrogens (tertiary/aromatic N) is 5. The van der Waals surface area contributed by atoms with Crippen LogP contribution < -0.4 is 5.32 Å². The molecule has 192 valence electrons. The van der Waals surface area contributed by atoms with E-state index in [2.05, 4.69) is 20.2 Å². The van der Waals surface area contributed by atoms with Crippen molar-refractivity contribution in [2.24, 2.45) is 0 Å². The summed E-state index contributed by atoms with van der Waals surface area (Å²) in [6, 6.07) is 12.1. The minimum Gasteiger partial charge on any atom is -0.373 e. The van der Waals surface area contributed by atoms with Gasteiger partial charge in [0.25, 0.3) is 0 Å². The van der Waals surface area contributed by atoms with E-state index in [0.29, 0.717) is 18.2 Å². The van der Waals surface area contributed by atoms with Crippen molar-refractivity contribution in [1.29, 1.82) is 0 Å². The molecule has 4 heterocycles. The van der Waals surface area contributed by atoms with Gasteiger partial charge in [-0.3, -0.25) is 9.88 Å². The maximum absolute atomic E-state index is 13.0. The van der Waals surface area contributed by atoms with Crippen molar-refractivity contribution >= 4 is 22.5 Å². The van der Waals surface area contributed by atoms with E-state index in [9.17, 15) is 13.2 Å². The fourth-order valence-corrected chi connectivity index (χ4v) is 4.62. The third kappa shape index (κ3) is 5.70. The predicted molar refractivity (Wildman–Crippen MR) is 135 cm³/mol. The zero-order chi connectivity index (χ0) is 26.2. The van der Waals surface area contributed by atoms with Crippen LogP contribution in [0.4, 0.5) is 24.8 Å². The maximum Gasteiger partial charge on any atom is 0.417 e. The molecule has 0 spiro atoms. The normalized spacial score (nSPS) is 18.8. The van der Waals surface area contributed by atoms with Gasteiger partial charge in [-0.05, 0) is 45.0 Å². The molecule has 7 nitrogen and oxygen atoms in total.